The van der Waals surface area contributed by atoms with Crippen molar-refractivity contribution in [3.63, 3.8) is 0 Å². The lowest BCUT2D eigenvalue weighted by Crippen LogP contribution is -2.13. The highest BCUT2D eigenvalue weighted by Gasteiger charge is 2.15. The van der Waals surface area contributed by atoms with Gasteiger partial charge in [-0.05, 0) is 17.5 Å². The Balaban J connectivity index is 1.89. The molecule has 0 saturated carbocycles. The van der Waals surface area contributed by atoms with Crippen molar-refractivity contribution >= 4 is 5.97 Å². The number of hydrogen-bond acceptors (Lipinski definition) is 3. The summed E-state index contributed by atoms with van der Waals surface area (Å²) < 4.78 is 5.50. The van der Waals surface area contributed by atoms with E-state index in [9.17, 15) is 4.79 Å². The van der Waals surface area contributed by atoms with Crippen molar-refractivity contribution in [1.82, 2.24) is 0 Å². The first-order valence-electron chi connectivity index (χ1n) is 7.19. The van der Waals surface area contributed by atoms with Gasteiger partial charge in [0, 0.05) is 19.4 Å². The van der Waals surface area contributed by atoms with Gasteiger partial charge in [0.25, 0.3) is 0 Å². The van der Waals surface area contributed by atoms with Crippen molar-refractivity contribution in [2.45, 2.75) is 25.4 Å². The predicted octanol–water partition coefficient (Wildman–Crippen LogP) is 3.29. The van der Waals surface area contributed by atoms with Gasteiger partial charge in [0.1, 0.15) is 6.10 Å². The molecule has 0 aliphatic carbocycles. The maximum absolute atomic E-state index is 12.0. The molecule has 3 nitrogen and oxygen atoms in total. The molecule has 110 valence electrons. The van der Waals surface area contributed by atoms with Crippen LogP contribution in [0.4, 0.5) is 0 Å². The van der Waals surface area contributed by atoms with E-state index in [4.69, 9.17) is 9.84 Å². The fourth-order valence-corrected chi connectivity index (χ4v) is 2.19. The highest BCUT2D eigenvalue weighted by Crippen LogP contribution is 2.21. The Labute approximate surface area is 125 Å². The summed E-state index contributed by atoms with van der Waals surface area (Å²) in [7, 11) is 0. The first kappa shape index (κ1) is 15.3. The number of carbonyl (C=O) groups is 1. The SMILES string of the molecule is O=C(CCc1ccccc1)O[C@@H](CCO)c1ccccc1. The van der Waals surface area contributed by atoms with E-state index in [2.05, 4.69) is 0 Å². The van der Waals surface area contributed by atoms with Crippen molar-refractivity contribution in [3.8, 4) is 0 Å². The van der Waals surface area contributed by atoms with Gasteiger partial charge in [-0.15, -0.1) is 0 Å². The van der Waals surface area contributed by atoms with Crippen LogP contribution in [0.2, 0.25) is 0 Å². The lowest BCUT2D eigenvalue weighted by Gasteiger charge is -2.17. The monoisotopic (exact) mass is 284 g/mol. The van der Waals surface area contributed by atoms with Gasteiger partial charge in [-0.2, -0.15) is 0 Å². The van der Waals surface area contributed by atoms with Crippen LogP contribution in [0, 0.1) is 0 Å². The zero-order valence-corrected chi connectivity index (χ0v) is 11.9. The third-order valence-corrected chi connectivity index (χ3v) is 3.30. The van der Waals surface area contributed by atoms with E-state index in [-0.39, 0.29) is 18.7 Å². The molecule has 21 heavy (non-hydrogen) atoms. The van der Waals surface area contributed by atoms with Crippen molar-refractivity contribution in [1.29, 1.82) is 0 Å². The van der Waals surface area contributed by atoms with Gasteiger partial charge in [0.2, 0.25) is 0 Å². The molecule has 0 radical (unpaired) electrons. The summed E-state index contributed by atoms with van der Waals surface area (Å²) in [6.45, 7) is -0.00841. The lowest BCUT2D eigenvalue weighted by atomic mass is 10.1. The highest BCUT2D eigenvalue weighted by atomic mass is 16.5. The molecule has 2 aromatic rings. The first-order chi connectivity index (χ1) is 10.3. The molecule has 0 aliphatic heterocycles. The Morgan fingerprint density at radius 3 is 2.24 bits per heavy atom. The second-order valence-corrected chi connectivity index (χ2v) is 4.89. The summed E-state index contributed by atoms with van der Waals surface area (Å²) in [6, 6.07) is 19.4. The van der Waals surface area contributed by atoms with Gasteiger partial charge in [-0.3, -0.25) is 4.79 Å². The first-order valence-corrected chi connectivity index (χ1v) is 7.19. The number of aliphatic hydroxyl groups is 1. The van der Waals surface area contributed by atoms with Gasteiger partial charge in [-0.1, -0.05) is 60.7 Å². The van der Waals surface area contributed by atoms with Crippen LogP contribution < -0.4 is 0 Å². The van der Waals surface area contributed by atoms with Crippen LogP contribution in [0.3, 0.4) is 0 Å². The van der Waals surface area contributed by atoms with E-state index in [1.165, 1.54) is 0 Å². The Kier molecular flexibility index (Phi) is 5.98. The van der Waals surface area contributed by atoms with E-state index in [0.29, 0.717) is 19.3 Å². The molecule has 0 bridgehead atoms. The van der Waals surface area contributed by atoms with E-state index >= 15 is 0 Å². The summed E-state index contributed by atoms with van der Waals surface area (Å²) >= 11 is 0. The molecule has 2 rings (SSSR count). The molecule has 0 heterocycles. The molecule has 2 aromatic carbocycles. The topological polar surface area (TPSA) is 46.5 Å². The maximum Gasteiger partial charge on any atom is 0.306 e. The third-order valence-electron chi connectivity index (χ3n) is 3.30. The van der Waals surface area contributed by atoms with E-state index in [1.54, 1.807) is 0 Å². The number of hydrogen-bond donors (Lipinski definition) is 1. The second-order valence-electron chi connectivity index (χ2n) is 4.89. The van der Waals surface area contributed by atoms with Crippen molar-refractivity contribution in [2.75, 3.05) is 6.61 Å². The van der Waals surface area contributed by atoms with Gasteiger partial charge >= 0.3 is 5.97 Å². The molecule has 3 heteroatoms. The summed E-state index contributed by atoms with van der Waals surface area (Å²) in [5.41, 5.74) is 2.03. The molecular formula is C18H20O3. The number of aliphatic hydroxyl groups excluding tert-OH is 1. The summed E-state index contributed by atoms with van der Waals surface area (Å²) in [5, 5.41) is 9.13. The minimum Gasteiger partial charge on any atom is -0.457 e. The van der Waals surface area contributed by atoms with Crippen LogP contribution in [0.5, 0.6) is 0 Å². The molecule has 0 aromatic heterocycles. The summed E-state index contributed by atoms with van der Waals surface area (Å²) in [6.07, 6.45) is 1.06. The van der Waals surface area contributed by atoms with Crippen LogP contribution in [-0.4, -0.2) is 17.7 Å². The molecule has 1 N–H and O–H groups in total. The predicted molar refractivity (Wildman–Crippen MR) is 81.7 cm³/mol. The van der Waals surface area contributed by atoms with Crippen LogP contribution in [0.15, 0.2) is 60.7 Å². The number of esters is 1. The fourth-order valence-electron chi connectivity index (χ4n) is 2.19. The Morgan fingerprint density at radius 1 is 1.00 bits per heavy atom. The van der Waals surface area contributed by atoms with Crippen LogP contribution in [0.25, 0.3) is 0 Å². The maximum atomic E-state index is 12.0. The van der Waals surface area contributed by atoms with E-state index < -0.39 is 0 Å². The molecular weight excluding hydrogens is 264 g/mol. The summed E-state index contributed by atoms with van der Waals surface area (Å²) in [4.78, 5) is 12.0. The molecule has 0 fully saturated rings. The average molecular weight is 284 g/mol. The molecule has 0 unspecified atom stereocenters. The van der Waals surface area contributed by atoms with Crippen LogP contribution in [0.1, 0.15) is 30.1 Å². The number of aryl methyl sites for hydroxylation is 1. The van der Waals surface area contributed by atoms with Gasteiger partial charge in [0.15, 0.2) is 0 Å². The molecule has 1 atom stereocenters. The summed E-state index contributed by atoms with van der Waals surface area (Å²) in [5.74, 6) is -0.235. The van der Waals surface area contributed by atoms with Crippen LogP contribution in [-0.2, 0) is 16.0 Å². The molecule has 0 amide bonds. The van der Waals surface area contributed by atoms with Crippen molar-refractivity contribution < 1.29 is 14.6 Å². The molecule has 0 saturated heterocycles. The van der Waals surface area contributed by atoms with Crippen molar-refractivity contribution in [2.24, 2.45) is 0 Å². The largest absolute Gasteiger partial charge is 0.457 e. The standard InChI is InChI=1S/C18H20O3/c19-14-13-17(16-9-5-2-6-10-16)21-18(20)12-11-15-7-3-1-4-8-15/h1-10,17,19H,11-14H2/t17-/m0/s1. The van der Waals surface area contributed by atoms with E-state index in [1.807, 2.05) is 60.7 Å². The Hall–Kier alpha value is -2.13. The zero-order valence-electron chi connectivity index (χ0n) is 11.9. The number of benzene rings is 2. The van der Waals surface area contributed by atoms with Gasteiger partial charge < -0.3 is 9.84 Å². The zero-order chi connectivity index (χ0) is 14.9. The Morgan fingerprint density at radius 2 is 1.62 bits per heavy atom. The second kappa shape index (κ2) is 8.22. The third kappa shape index (κ3) is 5.04. The van der Waals surface area contributed by atoms with Crippen LogP contribution >= 0.6 is 0 Å². The van der Waals surface area contributed by atoms with Gasteiger partial charge in [0.05, 0.1) is 0 Å². The normalized spacial score (nSPS) is 11.9. The number of ether oxygens (including phenoxy) is 1. The highest BCUT2D eigenvalue weighted by molar-refractivity contribution is 5.70. The number of rotatable bonds is 7. The Bertz CT molecular complexity index is 537. The fraction of sp³-hybridized carbons (Fsp3) is 0.278. The average Bonchev–Trinajstić information content (AvgIpc) is 2.54. The van der Waals surface area contributed by atoms with Gasteiger partial charge in [-0.25, -0.2) is 0 Å². The van der Waals surface area contributed by atoms with Crippen molar-refractivity contribution in [3.05, 3.63) is 71.8 Å². The molecule has 0 spiro atoms. The molecule has 0 aliphatic rings. The minimum absolute atomic E-state index is 0.00841. The lowest BCUT2D eigenvalue weighted by molar-refractivity contribution is -0.150. The smallest absolute Gasteiger partial charge is 0.306 e. The quantitative estimate of drug-likeness (QED) is 0.794. The van der Waals surface area contributed by atoms with E-state index in [0.717, 1.165) is 11.1 Å². The number of carbonyl (C=O) groups excluding carboxylic acids is 1. The minimum atomic E-state index is -0.375.